The summed E-state index contributed by atoms with van der Waals surface area (Å²) in [4.78, 5) is 13.0. The number of ether oxygens (including phenoxy) is 1. The van der Waals surface area contributed by atoms with Gasteiger partial charge in [-0.05, 0) is 37.1 Å². The third-order valence-corrected chi connectivity index (χ3v) is 8.89. The lowest BCUT2D eigenvalue weighted by Crippen LogP contribution is -2.71. The number of phenolic OH excluding ortho intramolecular Hbond substituents is 2. The number of aromatic hydroxyl groups is 2. The highest BCUT2D eigenvalue weighted by molar-refractivity contribution is 9.10. The molecule has 6 atom stereocenters. The van der Waals surface area contributed by atoms with Crippen molar-refractivity contribution in [2.24, 2.45) is 5.92 Å². The fourth-order valence-corrected chi connectivity index (χ4v) is 7.23. The average Bonchev–Trinajstić information content (AvgIpc) is 3.08. The van der Waals surface area contributed by atoms with E-state index in [-0.39, 0.29) is 46.2 Å². The molecule has 32 heavy (non-hydrogen) atoms. The van der Waals surface area contributed by atoms with E-state index in [4.69, 9.17) is 4.74 Å². The average molecular weight is 501 g/mol. The van der Waals surface area contributed by atoms with E-state index >= 15 is 0 Å². The summed E-state index contributed by atoms with van der Waals surface area (Å²) in [6.45, 7) is 0.467. The van der Waals surface area contributed by atoms with Crippen LogP contribution in [0.1, 0.15) is 40.7 Å². The second-order valence-corrected chi connectivity index (χ2v) is 10.8. The maximum atomic E-state index is 13.4. The Hall–Kier alpha value is -2.29. The molecule has 8 heteroatoms. The molecule has 1 amide bonds. The molecule has 2 aromatic carbocycles. The molecule has 2 aliphatic heterocycles. The summed E-state index contributed by atoms with van der Waals surface area (Å²) in [5.74, 6) is 0.174. The molecule has 1 saturated carbocycles. The number of likely N-dealkylation sites (tertiary alicyclic amines) is 1. The Morgan fingerprint density at radius 2 is 2.03 bits per heavy atom. The van der Waals surface area contributed by atoms with E-state index in [1.807, 2.05) is 12.1 Å². The minimum atomic E-state index is -0.434. The number of halogens is 1. The SMILES string of the molecule is C[N+]1([O-])CC[C@@]23c4c5cc(O)c(O)c4C[C@@H]1[C@@H]2CC[C@H](NC(=O)c1ccc(Br)cc1)[C@@H]3O5. The van der Waals surface area contributed by atoms with Gasteiger partial charge in [-0.25, -0.2) is 0 Å². The van der Waals surface area contributed by atoms with Gasteiger partial charge in [0.25, 0.3) is 5.91 Å². The number of hydrogen-bond donors (Lipinski definition) is 3. The largest absolute Gasteiger partial charge is 0.633 e. The molecule has 0 radical (unpaired) electrons. The first kappa shape index (κ1) is 20.3. The van der Waals surface area contributed by atoms with E-state index in [0.717, 1.165) is 22.9 Å². The van der Waals surface area contributed by atoms with Crippen LogP contribution in [0.4, 0.5) is 0 Å². The summed E-state index contributed by atoms with van der Waals surface area (Å²) >= 11 is 3.40. The van der Waals surface area contributed by atoms with E-state index in [2.05, 4.69) is 21.2 Å². The lowest BCUT2D eigenvalue weighted by Gasteiger charge is -2.63. The summed E-state index contributed by atoms with van der Waals surface area (Å²) < 4.78 is 7.01. The van der Waals surface area contributed by atoms with Crippen molar-refractivity contribution in [3.63, 3.8) is 0 Å². The number of nitrogens with zero attached hydrogens (tertiary/aromatic N) is 1. The van der Waals surface area contributed by atoms with Crippen LogP contribution in [-0.2, 0) is 11.8 Å². The predicted molar refractivity (Wildman–Crippen MR) is 121 cm³/mol. The van der Waals surface area contributed by atoms with Crippen molar-refractivity contribution in [3.8, 4) is 17.2 Å². The number of quaternary nitrogens is 1. The molecule has 6 rings (SSSR count). The molecular weight excluding hydrogens is 476 g/mol. The van der Waals surface area contributed by atoms with Gasteiger partial charge in [0, 0.05) is 46.0 Å². The number of amides is 1. The van der Waals surface area contributed by atoms with Gasteiger partial charge in [-0.2, -0.15) is 0 Å². The maximum absolute atomic E-state index is 13.4. The lowest BCUT2D eigenvalue weighted by atomic mass is 9.51. The maximum Gasteiger partial charge on any atom is 0.251 e. The van der Waals surface area contributed by atoms with Gasteiger partial charge in [0.05, 0.1) is 31.1 Å². The van der Waals surface area contributed by atoms with Gasteiger partial charge in [-0.1, -0.05) is 15.9 Å². The number of phenols is 2. The van der Waals surface area contributed by atoms with Gasteiger partial charge in [0.1, 0.15) is 11.9 Å². The smallest absolute Gasteiger partial charge is 0.251 e. The van der Waals surface area contributed by atoms with Crippen LogP contribution < -0.4 is 10.1 Å². The summed E-state index contributed by atoms with van der Waals surface area (Å²) in [5, 5.41) is 37.6. The summed E-state index contributed by atoms with van der Waals surface area (Å²) in [6.07, 6.45) is 2.26. The first-order valence-corrected chi connectivity index (χ1v) is 11.9. The molecule has 2 bridgehead atoms. The summed E-state index contributed by atoms with van der Waals surface area (Å²) in [5.41, 5.74) is 1.73. The van der Waals surface area contributed by atoms with Crippen LogP contribution in [0, 0.1) is 11.1 Å². The molecule has 1 spiro atoms. The van der Waals surface area contributed by atoms with Gasteiger partial charge in [-0.3, -0.25) is 4.79 Å². The van der Waals surface area contributed by atoms with Gasteiger partial charge in [0.15, 0.2) is 11.5 Å². The van der Waals surface area contributed by atoms with Crippen LogP contribution in [-0.4, -0.2) is 52.5 Å². The molecular formula is C24H25BrN2O5. The van der Waals surface area contributed by atoms with Crippen LogP contribution in [0.5, 0.6) is 17.2 Å². The number of benzene rings is 2. The van der Waals surface area contributed by atoms with Crippen molar-refractivity contribution in [1.29, 1.82) is 0 Å². The van der Waals surface area contributed by atoms with Crippen LogP contribution in [0.25, 0.3) is 0 Å². The normalized spacial score (nSPS) is 36.2. The van der Waals surface area contributed by atoms with Crippen molar-refractivity contribution in [2.75, 3.05) is 13.6 Å². The van der Waals surface area contributed by atoms with Gasteiger partial charge in [0.2, 0.25) is 0 Å². The third kappa shape index (κ3) is 2.57. The van der Waals surface area contributed by atoms with E-state index in [9.17, 15) is 20.2 Å². The zero-order valence-electron chi connectivity index (χ0n) is 17.7. The molecule has 1 unspecified atom stereocenters. The second-order valence-electron chi connectivity index (χ2n) is 9.86. The molecule has 2 aromatic rings. The van der Waals surface area contributed by atoms with Crippen molar-refractivity contribution in [1.82, 2.24) is 5.32 Å². The Kier molecular flexibility index (Phi) is 4.20. The molecule has 0 aromatic heterocycles. The van der Waals surface area contributed by atoms with Gasteiger partial charge >= 0.3 is 0 Å². The highest BCUT2D eigenvalue weighted by atomic mass is 79.9. The number of nitrogens with one attached hydrogen (secondary N) is 1. The first-order valence-electron chi connectivity index (χ1n) is 11.1. The van der Waals surface area contributed by atoms with Crippen molar-refractivity contribution in [2.45, 2.75) is 49.3 Å². The molecule has 2 aliphatic carbocycles. The van der Waals surface area contributed by atoms with Crippen LogP contribution in [0.15, 0.2) is 34.8 Å². The highest BCUT2D eigenvalue weighted by Crippen LogP contribution is 2.65. The molecule has 1 saturated heterocycles. The number of hydrogen-bond acceptors (Lipinski definition) is 5. The van der Waals surface area contributed by atoms with Crippen molar-refractivity contribution >= 4 is 21.8 Å². The van der Waals surface area contributed by atoms with Crippen LogP contribution in [0.3, 0.4) is 0 Å². The van der Waals surface area contributed by atoms with Crippen molar-refractivity contribution < 1.29 is 24.4 Å². The Labute approximate surface area is 194 Å². The van der Waals surface area contributed by atoms with E-state index in [0.29, 0.717) is 36.3 Å². The summed E-state index contributed by atoms with van der Waals surface area (Å²) in [6, 6.07) is 8.29. The Balaban J connectivity index is 1.43. The number of hydroxylamine groups is 3. The molecule has 4 aliphatic rings. The molecule has 168 valence electrons. The van der Waals surface area contributed by atoms with E-state index in [1.54, 1.807) is 19.2 Å². The Morgan fingerprint density at radius 3 is 2.78 bits per heavy atom. The number of piperidine rings is 1. The fourth-order valence-electron chi connectivity index (χ4n) is 6.97. The molecule has 3 N–H and O–H groups in total. The minimum Gasteiger partial charge on any atom is -0.633 e. The number of rotatable bonds is 2. The quantitative estimate of drug-likeness (QED) is 0.333. The summed E-state index contributed by atoms with van der Waals surface area (Å²) in [7, 11) is 1.72. The number of likely N-dealkylation sites (N-methyl/N-ethyl adjacent to an activating group) is 1. The lowest BCUT2D eigenvalue weighted by molar-refractivity contribution is -0.899. The highest BCUT2D eigenvalue weighted by Gasteiger charge is 2.68. The zero-order valence-corrected chi connectivity index (χ0v) is 19.3. The van der Waals surface area contributed by atoms with Gasteiger partial charge in [-0.15, -0.1) is 0 Å². The topological polar surface area (TPSA) is 102 Å². The molecule has 2 heterocycles. The van der Waals surface area contributed by atoms with E-state index in [1.165, 1.54) is 6.07 Å². The predicted octanol–water partition coefficient (Wildman–Crippen LogP) is 3.34. The number of carbonyl (C=O) groups excluding carboxylic acids is 1. The monoisotopic (exact) mass is 500 g/mol. The standard InChI is InChI=1S/C24H25BrN2O5/c1-27(31)9-8-24-15-6-7-16(26-23(30)12-2-4-13(25)5-3-12)22(24)32-19-11-18(28)21(29)14(20(19)24)10-17(15)27/h2-5,11,15-17,22,28-29H,6-10H2,1H3,(H,26,30)/t15-,16-,17+,22-,24-,27?/m0/s1. The third-order valence-electron chi connectivity index (χ3n) is 8.36. The first-order chi connectivity index (χ1) is 15.2. The van der Waals surface area contributed by atoms with Gasteiger partial charge < -0.3 is 30.1 Å². The van der Waals surface area contributed by atoms with Crippen LogP contribution >= 0.6 is 15.9 Å². The zero-order chi connectivity index (χ0) is 22.4. The van der Waals surface area contributed by atoms with Crippen molar-refractivity contribution in [3.05, 3.63) is 56.7 Å². The Morgan fingerprint density at radius 1 is 1.28 bits per heavy atom. The fraction of sp³-hybridized carbons (Fsp3) is 0.458. The second kappa shape index (κ2) is 6.62. The van der Waals surface area contributed by atoms with E-state index < -0.39 is 5.41 Å². The Bertz CT molecular complexity index is 1130. The van der Waals surface area contributed by atoms with Crippen LogP contribution in [0.2, 0.25) is 0 Å². The number of carbonyl (C=O) groups is 1. The molecule has 7 nitrogen and oxygen atoms in total. The minimum absolute atomic E-state index is 0.113. The molecule has 2 fully saturated rings.